The monoisotopic (exact) mass is 356 g/mol. The largest absolute Gasteiger partial charge is 3.00 e. The van der Waals surface area contributed by atoms with Crippen LogP contribution in [0.15, 0.2) is 0 Å². The van der Waals surface area contributed by atoms with E-state index in [1.807, 2.05) is 0 Å². The van der Waals surface area contributed by atoms with Crippen molar-refractivity contribution in [2.45, 2.75) is 41.5 Å². The molecule has 0 atom stereocenters. The van der Waals surface area contributed by atoms with Gasteiger partial charge in [-0.1, -0.05) is 0 Å². The second-order valence-corrected chi connectivity index (χ2v) is 4.10. The first-order chi connectivity index (χ1) is 9.38. The third kappa shape index (κ3) is 51.8. The molecule has 0 heterocycles. The standard InChI is InChI=1S/3C5H7O2.Co/c3*1-4(6)3-5(2)7;/h3*3H,1-2H3;/q3*-1;+3. The molecule has 0 N–H and O–H groups in total. The van der Waals surface area contributed by atoms with Crippen molar-refractivity contribution in [3.8, 4) is 0 Å². The molecule has 0 aromatic heterocycles. The number of hydrogen-bond donors (Lipinski definition) is 0. The second kappa shape index (κ2) is 17.2. The first kappa shape index (κ1) is 28.3. The van der Waals surface area contributed by atoms with E-state index in [1.165, 1.54) is 41.5 Å². The van der Waals surface area contributed by atoms with E-state index >= 15 is 0 Å². The van der Waals surface area contributed by atoms with Crippen molar-refractivity contribution >= 4 is 34.7 Å². The van der Waals surface area contributed by atoms with Gasteiger partial charge in [-0.2, -0.15) is 0 Å². The summed E-state index contributed by atoms with van der Waals surface area (Å²) in [5.74, 6) is -1.12. The third-order valence-corrected chi connectivity index (χ3v) is 1.22. The fourth-order valence-electron chi connectivity index (χ4n) is 0.859. The van der Waals surface area contributed by atoms with E-state index in [9.17, 15) is 28.8 Å². The van der Waals surface area contributed by atoms with E-state index < -0.39 is 0 Å². The quantitative estimate of drug-likeness (QED) is 0.522. The van der Waals surface area contributed by atoms with Gasteiger partial charge in [-0.3, -0.25) is 19.3 Å². The van der Waals surface area contributed by atoms with Gasteiger partial charge >= 0.3 is 16.8 Å². The molecule has 0 fully saturated rings. The van der Waals surface area contributed by atoms with Gasteiger partial charge in [0.15, 0.2) is 0 Å². The molecule has 0 aliphatic rings. The van der Waals surface area contributed by atoms with Crippen LogP contribution in [0.1, 0.15) is 41.5 Å². The van der Waals surface area contributed by atoms with Crippen LogP contribution in [-0.2, 0) is 45.5 Å². The molecular formula is C15H21CoO6. The van der Waals surface area contributed by atoms with Gasteiger partial charge in [0, 0.05) is 34.7 Å². The maximum atomic E-state index is 9.98. The average molecular weight is 356 g/mol. The normalized spacial score (nSPS) is 7.36. The molecule has 0 amide bonds. The first-order valence-corrected chi connectivity index (χ1v) is 5.96. The minimum absolute atomic E-state index is 0. The summed E-state index contributed by atoms with van der Waals surface area (Å²) >= 11 is 0. The predicted octanol–water partition coefficient (Wildman–Crippen LogP) is 1.10. The molecule has 0 aromatic rings. The van der Waals surface area contributed by atoms with E-state index in [0.29, 0.717) is 0 Å². The van der Waals surface area contributed by atoms with E-state index in [2.05, 4.69) is 0 Å². The molecule has 0 radical (unpaired) electrons. The van der Waals surface area contributed by atoms with E-state index in [1.54, 1.807) is 0 Å². The molecule has 0 aliphatic heterocycles. The van der Waals surface area contributed by atoms with E-state index in [-0.39, 0.29) is 51.5 Å². The molecule has 22 heavy (non-hydrogen) atoms. The summed E-state index contributed by atoms with van der Waals surface area (Å²) in [4.78, 5) is 59.9. The molecule has 0 bridgehead atoms. The predicted molar refractivity (Wildman–Crippen MR) is 77.0 cm³/mol. The van der Waals surface area contributed by atoms with Crippen LogP contribution < -0.4 is 0 Å². The fourth-order valence-corrected chi connectivity index (χ4v) is 0.859. The van der Waals surface area contributed by atoms with Crippen molar-refractivity contribution in [1.29, 1.82) is 0 Å². The number of rotatable bonds is 6. The summed E-state index contributed by atoms with van der Waals surface area (Å²) in [7, 11) is 0. The fraction of sp³-hybridized carbons (Fsp3) is 0.400. The van der Waals surface area contributed by atoms with Crippen LogP contribution in [0, 0.1) is 19.3 Å². The molecule has 0 saturated heterocycles. The Bertz CT molecular complexity index is 314. The van der Waals surface area contributed by atoms with Gasteiger partial charge in [0.2, 0.25) is 0 Å². The Labute approximate surface area is 141 Å². The van der Waals surface area contributed by atoms with Crippen molar-refractivity contribution in [1.82, 2.24) is 0 Å². The number of hydrogen-bond acceptors (Lipinski definition) is 6. The zero-order valence-electron chi connectivity index (χ0n) is 13.5. The Hall–Kier alpha value is -1.86. The molecule has 0 aromatic carbocycles. The van der Waals surface area contributed by atoms with Gasteiger partial charge in [0.05, 0.1) is 0 Å². The molecule has 0 rings (SSSR count). The molecular weight excluding hydrogens is 335 g/mol. The van der Waals surface area contributed by atoms with Crippen LogP contribution in [-0.4, -0.2) is 34.7 Å². The summed E-state index contributed by atoms with van der Waals surface area (Å²) < 4.78 is 0. The SMILES string of the molecule is CC(=O)[CH-]C(C)=O.CC(=O)[CH-]C(C)=O.CC(=O)[CH-]C(C)=O.[Co+3]. The zero-order valence-corrected chi connectivity index (χ0v) is 14.6. The van der Waals surface area contributed by atoms with Crippen molar-refractivity contribution in [2.24, 2.45) is 0 Å². The number of ketones is 6. The third-order valence-electron chi connectivity index (χ3n) is 1.22. The number of Topliss-reactive ketones (excluding diaryl/α,β-unsaturated/α-hetero) is 6. The van der Waals surface area contributed by atoms with Crippen molar-refractivity contribution in [3.05, 3.63) is 19.3 Å². The molecule has 0 unspecified atom stereocenters. The minimum atomic E-state index is -0.187. The van der Waals surface area contributed by atoms with E-state index in [0.717, 1.165) is 19.3 Å². The Morgan fingerprint density at radius 2 is 0.500 bits per heavy atom. The van der Waals surface area contributed by atoms with Crippen molar-refractivity contribution in [2.75, 3.05) is 0 Å². The van der Waals surface area contributed by atoms with Crippen molar-refractivity contribution in [3.63, 3.8) is 0 Å². The zero-order chi connectivity index (χ0) is 17.6. The van der Waals surface area contributed by atoms with Crippen LogP contribution in [0.3, 0.4) is 0 Å². The van der Waals surface area contributed by atoms with Crippen LogP contribution in [0.5, 0.6) is 0 Å². The van der Waals surface area contributed by atoms with Gasteiger partial charge in [-0.05, 0) is 41.5 Å². The average Bonchev–Trinajstić information content (AvgIpc) is 2.10. The van der Waals surface area contributed by atoms with Crippen molar-refractivity contribution < 1.29 is 45.5 Å². The maximum Gasteiger partial charge on any atom is 3.00 e. The summed E-state index contributed by atoms with van der Waals surface area (Å²) in [6.45, 7) is 8.09. The molecule has 0 aliphatic carbocycles. The number of carbonyl (C=O) groups is 6. The summed E-state index contributed by atoms with van der Waals surface area (Å²) in [6.07, 6.45) is 3.17. The van der Waals surface area contributed by atoms with Gasteiger partial charge in [-0.25, -0.2) is 0 Å². The molecule has 0 saturated carbocycles. The molecule has 0 spiro atoms. The maximum absolute atomic E-state index is 9.98. The van der Waals surface area contributed by atoms with Gasteiger partial charge < -0.3 is 28.8 Å². The Kier molecular flexibility index (Phi) is 22.1. The topological polar surface area (TPSA) is 102 Å². The Morgan fingerprint density at radius 3 is 0.500 bits per heavy atom. The van der Waals surface area contributed by atoms with Crippen LogP contribution >= 0.6 is 0 Å². The van der Waals surface area contributed by atoms with Gasteiger partial charge in [0.25, 0.3) is 0 Å². The summed E-state index contributed by atoms with van der Waals surface area (Å²) in [5.41, 5.74) is 0. The summed E-state index contributed by atoms with van der Waals surface area (Å²) in [5, 5.41) is 0. The molecule has 7 heteroatoms. The first-order valence-electron chi connectivity index (χ1n) is 5.96. The molecule has 6 nitrogen and oxygen atoms in total. The second-order valence-electron chi connectivity index (χ2n) is 4.10. The van der Waals surface area contributed by atoms with Crippen LogP contribution in [0.25, 0.3) is 0 Å². The minimum Gasteiger partial charge on any atom is -0.334 e. The van der Waals surface area contributed by atoms with Gasteiger partial charge in [0.1, 0.15) is 0 Å². The molecule has 126 valence electrons. The van der Waals surface area contributed by atoms with Gasteiger partial charge in [-0.15, -0.1) is 0 Å². The van der Waals surface area contributed by atoms with Crippen LogP contribution in [0.2, 0.25) is 0 Å². The Morgan fingerprint density at radius 1 is 0.409 bits per heavy atom. The summed E-state index contributed by atoms with van der Waals surface area (Å²) in [6, 6.07) is 0. The van der Waals surface area contributed by atoms with Crippen LogP contribution in [0.4, 0.5) is 0 Å². The number of carbonyl (C=O) groups excluding carboxylic acids is 6. The Balaban J connectivity index is -0.000000108. The smallest absolute Gasteiger partial charge is 0.334 e. The van der Waals surface area contributed by atoms with E-state index in [4.69, 9.17) is 0 Å².